The van der Waals surface area contributed by atoms with E-state index in [2.05, 4.69) is 5.32 Å². The van der Waals surface area contributed by atoms with Crippen molar-refractivity contribution in [2.45, 2.75) is 19.1 Å². The first-order valence-corrected chi connectivity index (χ1v) is 7.66. The molecule has 0 spiro atoms. The number of hydrogen-bond donors (Lipinski definition) is 1. The molecule has 1 heterocycles. The predicted octanol–water partition coefficient (Wildman–Crippen LogP) is 1.70. The number of nitrogens with one attached hydrogen (secondary N) is 1. The summed E-state index contributed by atoms with van der Waals surface area (Å²) in [5.41, 5.74) is 0.505. The molecule has 2 atom stereocenters. The van der Waals surface area contributed by atoms with E-state index in [4.69, 9.17) is 4.74 Å². The first-order valence-electron chi connectivity index (χ1n) is 6.50. The summed E-state index contributed by atoms with van der Waals surface area (Å²) >= 11 is 1.52. The molecule has 0 aromatic heterocycles. The van der Waals surface area contributed by atoms with Gasteiger partial charge in [-0.1, -0.05) is 0 Å². The van der Waals surface area contributed by atoms with Crippen molar-refractivity contribution in [1.82, 2.24) is 4.90 Å². The molecule has 0 aliphatic carbocycles. The Morgan fingerprint density at radius 3 is 2.71 bits per heavy atom. The Labute approximate surface area is 126 Å². The third-order valence-corrected chi connectivity index (χ3v) is 4.29. The molecule has 21 heavy (non-hydrogen) atoms. The molecule has 1 fully saturated rings. The summed E-state index contributed by atoms with van der Waals surface area (Å²) in [6, 6.07) is 4.98. The topological polar surface area (TPSA) is 58.6 Å². The van der Waals surface area contributed by atoms with E-state index >= 15 is 0 Å². The number of hydrogen-bond acceptors (Lipinski definition) is 4. The van der Waals surface area contributed by atoms with Crippen LogP contribution in [0.15, 0.2) is 24.3 Å². The molecule has 5 nitrogen and oxygen atoms in total. The summed E-state index contributed by atoms with van der Waals surface area (Å²) in [5, 5.41) is 2.70. The van der Waals surface area contributed by atoms with Crippen LogP contribution in [-0.2, 0) is 14.3 Å². The van der Waals surface area contributed by atoms with Gasteiger partial charge < -0.3 is 15.0 Å². The van der Waals surface area contributed by atoms with Crippen LogP contribution in [-0.4, -0.2) is 47.6 Å². The smallest absolute Gasteiger partial charge is 0.252 e. The molecule has 0 saturated carbocycles. The zero-order valence-corrected chi connectivity index (χ0v) is 12.7. The van der Waals surface area contributed by atoms with Crippen LogP contribution < -0.4 is 5.32 Å². The molecular weight excluding hydrogens is 295 g/mol. The van der Waals surface area contributed by atoms with Gasteiger partial charge in [-0.15, -0.1) is 11.8 Å². The van der Waals surface area contributed by atoms with E-state index in [1.54, 1.807) is 6.92 Å². The molecule has 0 radical (unpaired) electrons. The molecule has 1 aliphatic heterocycles. The lowest BCUT2D eigenvalue weighted by Gasteiger charge is -2.25. The Balaban J connectivity index is 2.03. The summed E-state index contributed by atoms with van der Waals surface area (Å²) in [7, 11) is 1.46. The van der Waals surface area contributed by atoms with Gasteiger partial charge in [0.1, 0.15) is 18.0 Å². The van der Waals surface area contributed by atoms with Crippen molar-refractivity contribution in [1.29, 1.82) is 0 Å². The molecule has 1 aliphatic rings. The maximum absolute atomic E-state index is 12.8. The second kappa shape index (κ2) is 6.91. The number of methoxy groups -OCH3 is 1. The van der Waals surface area contributed by atoms with Gasteiger partial charge in [-0.05, 0) is 31.2 Å². The monoisotopic (exact) mass is 312 g/mol. The van der Waals surface area contributed by atoms with Crippen LogP contribution in [0, 0.1) is 5.82 Å². The van der Waals surface area contributed by atoms with Crippen LogP contribution >= 0.6 is 11.8 Å². The molecule has 2 amide bonds. The zero-order chi connectivity index (χ0) is 15.4. The van der Waals surface area contributed by atoms with Crippen molar-refractivity contribution in [2.75, 3.05) is 24.1 Å². The summed E-state index contributed by atoms with van der Waals surface area (Å²) in [6.45, 7) is 1.65. The number of rotatable bonds is 4. The van der Waals surface area contributed by atoms with E-state index in [1.165, 1.54) is 48.0 Å². The Hall–Kier alpha value is -1.60. The van der Waals surface area contributed by atoms with Gasteiger partial charge >= 0.3 is 0 Å². The van der Waals surface area contributed by atoms with Crippen LogP contribution in [0.25, 0.3) is 0 Å². The Bertz CT molecular complexity index is 523. The molecule has 2 rings (SSSR count). The summed E-state index contributed by atoms with van der Waals surface area (Å²) in [6.07, 6.45) is -0.579. The minimum Gasteiger partial charge on any atom is -0.372 e. The van der Waals surface area contributed by atoms with Crippen molar-refractivity contribution in [2.24, 2.45) is 0 Å². The van der Waals surface area contributed by atoms with Crippen LogP contribution in [0.3, 0.4) is 0 Å². The zero-order valence-electron chi connectivity index (χ0n) is 11.8. The summed E-state index contributed by atoms with van der Waals surface area (Å²) in [4.78, 5) is 25.9. The molecule has 1 N–H and O–H groups in total. The standard InChI is InChI=1S/C14H17FN2O3S/c1-9(20-2)14(19)17-8-21-7-12(17)13(18)16-11-5-3-10(15)4-6-11/h3-6,9,12H,7-8H2,1-2H3,(H,16,18)/t9-,12-/m0/s1. The average molecular weight is 312 g/mol. The van der Waals surface area contributed by atoms with Crippen molar-refractivity contribution < 1.29 is 18.7 Å². The van der Waals surface area contributed by atoms with Crippen molar-refractivity contribution in [3.63, 3.8) is 0 Å². The quantitative estimate of drug-likeness (QED) is 0.919. The number of halogens is 1. The van der Waals surface area contributed by atoms with Gasteiger partial charge in [0.25, 0.3) is 5.91 Å². The number of carbonyl (C=O) groups excluding carboxylic acids is 2. The maximum Gasteiger partial charge on any atom is 0.252 e. The molecular formula is C14H17FN2O3S. The second-order valence-corrected chi connectivity index (χ2v) is 5.70. The number of benzene rings is 1. The fourth-order valence-corrected chi connectivity index (χ4v) is 3.13. The highest BCUT2D eigenvalue weighted by Crippen LogP contribution is 2.23. The van der Waals surface area contributed by atoms with Crippen LogP contribution in [0.5, 0.6) is 0 Å². The van der Waals surface area contributed by atoms with E-state index in [9.17, 15) is 14.0 Å². The first-order chi connectivity index (χ1) is 10.0. The minimum atomic E-state index is -0.579. The van der Waals surface area contributed by atoms with Gasteiger partial charge in [0.2, 0.25) is 5.91 Å². The summed E-state index contributed by atoms with van der Waals surface area (Å²) < 4.78 is 17.8. The van der Waals surface area contributed by atoms with Gasteiger partial charge in [-0.25, -0.2) is 4.39 Å². The van der Waals surface area contributed by atoms with E-state index in [0.29, 0.717) is 17.3 Å². The van der Waals surface area contributed by atoms with Crippen molar-refractivity contribution in [3.05, 3.63) is 30.1 Å². The highest BCUT2D eigenvalue weighted by molar-refractivity contribution is 7.99. The lowest BCUT2D eigenvalue weighted by atomic mass is 10.2. The van der Waals surface area contributed by atoms with Crippen LogP contribution in [0.4, 0.5) is 10.1 Å². The number of thioether (sulfide) groups is 1. The molecule has 7 heteroatoms. The number of carbonyl (C=O) groups is 2. The van der Waals surface area contributed by atoms with Crippen molar-refractivity contribution >= 4 is 29.3 Å². The molecule has 114 valence electrons. The Morgan fingerprint density at radius 2 is 2.10 bits per heavy atom. The molecule has 1 aromatic rings. The molecule has 1 aromatic carbocycles. The Morgan fingerprint density at radius 1 is 1.43 bits per heavy atom. The fraction of sp³-hybridized carbons (Fsp3) is 0.429. The lowest BCUT2D eigenvalue weighted by Crippen LogP contribution is -2.48. The van der Waals surface area contributed by atoms with Gasteiger partial charge in [0.05, 0.1) is 5.88 Å². The first kappa shape index (κ1) is 15.8. The number of ether oxygens (including phenoxy) is 1. The van der Waals surface area contributed by atoms with Crippen LogP contribution in [0.1, 0.15) is 6.92 Å². The Kier molecular flexibility index (Phi) is 5.19. The highest BCUT2D eigenvalue weighted by Gasteiger charge is 2.36. The van der Waals surface area contributed by atoms with Crippen molar-refractivity contribution in [3.8, 4) is 0 Å². The van der Waals surface area contributed by atoms with E-state index in [1.807, 2.05) is 0 Å². The van der Waals surface area contributed by atoms with E-state index in [0.717, 1.165) is 0 Å². The SMILES string of the molecule is CO[C@@H](C)C(=O)N1CSC[C@H]1C(=O)Nc1ccc(F)cc1. The van der Waals surface area contributed by atoms with Gasteiger partial charge in [-0.2, -0.15) is 0 Å². The predicted molar refractivity (Wildman–Crippen MR) is 79.5 cm³/mol. The third kappa shape index (κ3) is 3.74. The number of anilines is 1. The van der Waals surface area contributed by atoms with Gasteiger partial charge in [0, 0.05) is 18.6 Å². The molecule has 0 bridgehead atoms. The highest BCUT2D eigenvalue weighted by atomic mass is 32.2. The van der Waals surface area contributed by atoms with E-state index in [-0.39, 0.29) is 17.6 Å². The second-order valence-electron chi connectivity index (χ2n) is 4.70. The normalized spacial score (nSPS) is 19.4. The number of amides is 2. The third-order valence-electron chi connectivity index (χ3n) is 3.28. The molecule has 1 saturated heterocycles. The summed E-state index contributed by atoms with van der Waals surface area (Å²) in [5.74, 6) is 0.156. The largest absolute Gasteiger partial charge is 0.372 e. The van der Waals surface area contributed by atoms with Crippen LogP contribution in [0.2, 0.25) is 0 Å². The maximum atomic E-state index is 12.8. The lowest BCUT2D eigenvalue weighted by molar-refractivity contribution is -0.144. The minimum absolute atomic E-state index is 0.207. The number of nitrogens with zero attached hydrogens (tertiary/aromatic N) is 1. The van der Waals surface area contributed by atoms with Gasteiger partial charge in [0.15, 0.2) is 0 Å². The average Bonchev–Trinajstić information content (AvgIpc) is 2.97. The van der Waals surface area contributed by atoms with Gasteiger partial charge in [-0.3, -0.25) is 9.59 Å². The molecule has 0 unspecified atom stereocenters. The fourth-order valence-electron chi connectivity index (χ4n) is 1.97. The van der Waals surface area contributed by atoms with E-state index < -0.39 is 12.1 Å².